The largest absolute Gasteiger partial charge is 0.450 e. The Kier molecular flexibility index (Phi) is 9.25. The van der Waals surface area contributed by atoms with Crippen LogP contribution in [-0.2, 0) is 11.3 Å². The van der Waals surface area contributed by atoms with Crippen molar-refractivity contribution in [3.63, 3.8) is 0 Å². The molecule has 0 aliphatic carbocycles. The Morgan fingerprint density at radius 3 is 2.76 bits per heavy atom. The van der Waals surface area contributed by atoms with Gasteiger partial charge >= 0.3 is 6.09 Å². The molecule has 10 heteroatoms. The maximum atomic E-state index is 11.7. The lowest BCUT2D eigenvalue weighted by Gasteiger charge is -2.31. The molecule has 0 bridgehead atoms. The average Bonchev–Trinajstić information content (AvgIpc) is 3.03. The predicted molar refractivity (Wildman–Crippen MR) is 112 cm³/mol. The first-order chi connectivity index (χ1) is 11.5. The molecular formula is C15H27IN6O2S. The van der Waals surface area contributed by atoms with Crippen LogP contribution in [0.3, 0.4) is 0 Å². The maximum absolute atomic E-state index is 11.7. The van der Waals surface area contributed by atoms with Crippen molar-refractivity contribution < 1.29 is 9.53 Å². The molecule has 1 aromatic rings. The number of hydrogen-bond acceptors (Lipinski definition) is 6. The van der Waals surface area contributed by atoms with Crippen LogP contribution in [0.1, 0.15) is 25.5 Å². The lowest BCUT2D eigenvalue weighted by atomic mass is 10.1. The van der Waals surface area contributed by atoms with Crippen molar-refractivity contribution in [3.8, 4) is 0 Å². The van der Waals surface area contributed by atoms with Gasteiger partial charge in [0.25, 0.3) is 0 Å². The predicted octanol–water partition coefficient (Wildman–Crippen LogP) is 1.85. The number of guanidine groups is 1. The van der Waals surface area contributed by atoms with Crippen LogP contribution in [-0.4, -0.2) is 61.8 Å². The quantitative estimate of drug-likeness (QED) is 0.378. The first-order valence-corrected chi connectivity index (χ1v) is 8.97. The SMILES string of the molecule is CCOC(=O)N1CCC(NC(N)=NCc2csc(N(C)C)n2)CC1.I. The summed E-state index contributed by atoms with van der Waals surface area (Å²) < 4.78 is 5.01. The monoisotopic (exact) mass is 482 g/mol. The van der Waals surface area contributed by atoms with E-state index in [4.69, 9.17) is 10.5 Å². The number of nitrogens with two attached hydrogens (primary N) is 1. The minimum Gasteiger partial charge on any atom is -0.450 e. The first-order valence-electron chi connectivity index (χ1n) is 8.09. The summed E-state index contributed by atoms with van der Waals surface area (Å²) in [6, 6.07) is 0.229. The van der Waals surface area contributed by atoms with Crippen molar-refractivity contribution in [2.75, 3.05) is 38.7 Å². The number of thiazole rings is 1. The number of carbonyl (C=O) groups excluding carboxylic acids is 1. The summed E-state index contributed by atoms with van der Waals surface area (Å²) in [5, 5.41) is 6.17. The van der Waals surface area contributed by atoms with E-state index in [2.05, 4.69) is 15.3 Å². The fourth-order valence-electron chi connectivity index (χ4n) is 2.42. The smallest absolute Gasteiger partial charge is 0.409 e. The molecule has 2 rings (SSSR count). The standard InChI is InChI=1S/C15H26N6O2S.HI/c1-4-23-15(22)21-7-5-11(6-8-21)18-13(16)17-9-12-10-24-14(19-12)20(2)3;/h10-11H,4-9H2,1-3H3,(H3,16,17,18);1H. The zero-order valence-electron chi connectivity index (χ0n) is 14.9. The molecule has 0 aromatic carbocycles. The van der Waals surface area contributed by atoms with E-state index in [1.54, 1.807) is 16.2 Å². The summed E-state index contributed by atoms with van der Waals surface area (Å²) in [6.07, 6.45) is 1.42. The second-order valence-corrected chi connectivity index (χ2v) is 6.66. The van der Waals surface area contributed by atoms with Crippen LogP contribution in [0.5, 0.6) is 0 Å². The molecule has 1 aliphatic heterocycles. The second-order valence-electron chi connectivity index (χ2n) is 5.82. The Hall–Kier alpha value is -1.30. The van der Waals surface area contributed by atoms with E-state index in [1.807, 2.05) is 31.3 Å². The van der Waals surface area contributed by atoms with Gasteiger partial charge in [-0.15, -0.1) is 35.3 Å². The normalized spacial score (nSPS) is 15.5. The Morgan fingerprint density at radius 2 is 2.20 bits per heavy atom. The maximum Gasteiger partial charge on any atom is 0.409 e. The number of halogens is 1. The van der Waals surface area contributed by atoms with Gasteiger partial charge in [0.15, 0.2) is 11.1 Å². The van der Waals surface area contributed by atoms with E-state index in [0.717, 1.165) is 23.7 Å². The van der Waals surface area contributed by atoms with Gasteiger partial charge in [0.2, 0.25) is 0 Å². The van der Waals surface area contributed by atoms with Gasteiger partial charge in [-0.3, -0.25) is 0 Å². The molecule has 0 saturated carbocycles. The third kappa shape index (κ3) is 6.84. The highest BCUT2D eigenvalue weighted by Gasteiger charge is 2.23. The summed E-state index contributed by atoms with van der Waals surface area (Å²) in [7, 11) is 3.93. The van der Waals surface area contributed by atoms with Crippen LogP contribution in [0.4, 0.5) is 9.93 Å². The van der Waals surface area contributed by atoms with Crippen molar-refractivity contribution in [2.24, 2.45) is 10.7 Å². The molecule has 25 heavy (non-hydrogen) atoms. The van der Waals surface area contributed by atoms with Gasteiger partial charge < -0.3 is 25.6 Å². The molecule has 3 N–H and O–H groups in total. The number of likely N-dealkylation sites (tertiary alicyclic amines) is 1. The topological polar surface area (TPSA) is 96.1 Å². The van der Waals surface area contributed by atoms with E-state index in [9.17, 15) is 4.79 Å². The average molecular weight is 482 g/mol. The number of piperidine rings is 1. The van der Waals surface area contributed by atoms with Gasteiger partial charge in [-0.05, 0) is 19.8 Å². The number of ether oxygens (including phenoxy) is 1. The van der Waals surface area contributed by atoms with Crippen molar-refractivity contribution >= 4 is 52.5 Å². The van der Waals surface area contributed by atoms with Crippen LogP contribution in [0, 0.1) is 0 Å². The highest BCUT2D eigenvalue weighted by molar-refractivity contribution is 14.0. The van der Waals surface area contributed by atoms with Crippen molar-refractivity contribution in [3.05, 3.63) is 11.1 Å². The van der Waals surface area contributed by atoms with Crippen molar-refractivity contribution in [2.45, 2.75) is 32.4 Å². The van der Waals surface area contributed by atoms with Gasteiger partial charge in [0.05, 0.1) is 18.8 Å². The summed E-state index contributed by atoms with van der Waals surface area (Å²) in [5.41, 5.74) is 6.87. The molecular weight excluding hydrogens is 455 g/mol. The first kappa shape index (κ1) is 21.7. The highest BCUT2D eigenvalue weighted by atomic mass is 127. The van der Waals surface area contributed by atoms with Crippen molar-refractivity contribution in [1.82, 2.24) is 15.2 Å². The number of aliphatic imine (C=N–C) groups is 1. The fourth-order valence-corrected chi connectivity index (χ4v) is 3.17. The van der Waals surface area contributed by atoms with Crippen LogP contribution < -0.4 is 16.0 Å². The van der Waals surface area contributed by atoms with Crippen LogP contribution in [0.25, 0.3) is 0 Å². The highest BCUT2D eigenvalue weighted by Crippen LogP contribution is 2.18. The van der Waals surface area contributed by atoms with Gasteiger partial charge in [-0.1, -0.05) is 0 Å². The number of amides is 1. The molecule has 1 amide bonds. The lowest BCUT2D eigenvalue weighted by molar-refractivity contribution is 0.0963. The molecule has 1 saturated heterocycles. The van der Waals surface area contributed by atoms with Crippen LogP contribution >= 0.6 is 35.3 Å². The van der Waals surface area contributed by atoms with Gasteiger partial charge in [0, 0.05) is 38.6 Å². The minimum absolute atomic E-state index is 0. The molecule has 2 heterocycles. The number of aromatic nitrogens is 1. The molecule has 0 unspecified atom stereocenters. The van der Waals surface area contributed by atoms with E-state index in [-0.39, 0.29) is 36.1 Å². The third-order valence-corrected chi connectivity index (χ3v) is 4.76. The summed E-state index contributed by atoms with van der Waals surface area (Å²) in [4.78, 5) is 24.2. The van der Waals surface area contributed by atoms with E-state index < -0.39 is 0 Å². The number of anilines is 1. The van der Waals surface area contributed by atoms with E-state index in [1.165, 1.54) is 0 Å². The molecule has 142 valence electrons. The fraction of sp³-hybridized carbons (Fsp3) is 0.667. The number of carbonyl (C=O) groups is 1. The third-order valence-electron chi connectivity index (χ3n) is 3.71. The van der Waals surface area contributed by atoms with Crippen molar-refractivity contribution in [1.29, 1.82) is 0 Å². The Balaban J connectivity index is 0.00000312. The Morgan fingerprint density at radius 1 is 1.52 bits per heavy atom. The van der Waals surface area contributed by atoms with Gasteiger partial charge in [-0.25, -0.2) is 14.8 Å². The van der Waals surface area contributed by atoms with Crippen LogP contribution in [0.2, 0.25) is 0 Å². The number of nitrogens with one attached hydrogen (secondary N) is 1. The molecule has 0 atom stereocenters. The summed E-state index contributed by atoms with van der Waals surface area (Å²) in [6.45, 7) is 4.02. The Labute approximate surface area is 169 Å². The van der Waals surface area contributed by atoms with E-state index >= 15 is 0 Å². The van der Waals surface area contributed by atoms with Gasteiger partial charge in [0.1, 0.15) is 0 Å². The molecule has 1 fully saturated rings. The molecule has 0 radical (unpaired) electrons. The van der Waals surface area contributed by atoms with Crippen LogP contribution in [0.15, 0.2) is 10.4 Å². The summed E-state index contributed by atoms with van der Waals surface area (Å²) in [5.74, 6) is 0.420. The molecule has 1 aromatic heterocycles. The number of rotatable bonds is 5. The Bertz CT molecular complexity index is 572. The number of nitrogens with zero attached hydrogens (tertiary/aromatic N) is 4. The minimum atomic E-state index is -0.238. The molecule has 1 aliphatic rings. The molecule has 0 spiro atoms. The summed E-state index contributed by atoms with van der Waals surface area (Å²) >= 11 is 1.59. The number of hydrogen-bond donors (Lipinski definition) is 2. The zero-order valence-corrected chi connectivity index (χ0v) is 18.0. The zero-order chi connectivity index (χ0) is 17.5. The van der Waals surface area contributed by atoms with E-state index in [0.29, 0.717) is 32.2 Å². The van der Waals surface area contributed by atoms with Gasteiger partial charge in [-0.2, -0.15) is 0 Å². The second kappa shape index (κ2) is 10.6. The lowest BCUT2D eigenvalue weighted by Crippen LogP contribution is -2.48. The molecule has 8 nitrogen and oxygen atoms in total.